The molecule has 5 heteroatoms. The summed E-state index contributed by atoms with van der Waals surface area (Å²) in [7, 11) is 0. The normalized spacial score (nSPS) is 10.9. The molecule has 3 rings (SSSR count). The number of oxazole rings is 1. The fourth-order valence-corrected chi connectivity index (χ4v) is 2.29. The first-order valence-electron chi connectivity index (χ1n) is 6.42. The summed E-state index contributed by atoms with van der Waals surface area (Å²) in [6, 6.07) is 10.0. The molecule has 0 bridgehead atoms. The third kappa shape index (κ3) is 2.99. The number of nitrogens with zero attached hydrogens (tertiary/aromatic N) is 2. The molecule has 2 heterocycles. The van der Waals surface area contributed by atoms with E-state index in [1.54, 1.807) is 6.20 Å². The summed E-state index contributed by atoms with van der Waals surface area (Å²) in [5.41, 5.74) is 2.99. The van der Waals surface area contributed by atoms with Gasteiger partial charge in [-0.05, 0) is 52.2 Å². The van der Waals surface area contributed by atoms with Gasteiger partial charge in [0.15, 0.2) is 11.5 Å². The van der Waals surface area contributed by atoms with Crippen molar-refractivity contribution in [3.8, 4) is 0 Å². The van der Waals surface area contributed by atoms with E-state index in [0.29, 0.717) is 5.89 Å². The largest absolute Gasteiger partial charge is 0.441 e. The summed E-state index contributed by atoms with van der Waals surface area (Å²) >= 11 is 3.37. The lowest BCUT2D eigenvalue weighted by Gasteiger charge is -2.05. The molecular formula is C15H14BrN3O. The van der Waals surface area contributed by atoms with E-state index in [4.69, 9.17) is 4.42 Å². The molecule has 0 aliphatic heterocycles. The van der Waals surface area contributed by atoms with Gasteiger partial charge in [0.2, 0.25) is 0 Å². The number of fused-ring (bicyclic) bond motifs is 1. The lowest BCUT2D eigenvalue weighted by Crippen LogP contribution is -2.05. The van der Waals surface area contributed by atoms with Gasteiger partial charge in [0, 0.05) is 24.1 Å². The smallest absolute Gasteiger partial charge is 0.192 e. The number of hydrogen-bond acceptors (Lipinski definition) is 4. The number of benzene rings is 1. The maximum atomic E-state index is 5.47. The SMILES string of the molecule is Cc1nc2cc(CCNc3ccc(Br)cn3)ccc2o1. The van der Waals surface area contributed by atoms with E-state index in [1.165, 1.54) is 5.56 Å². The Balaban J connectivity index is 1.63. The van der Waals surface area contributed by atoms with Crippen LogP contribution >= 0.6 is 15.9 Å². The van der Waals surface area contributed by atoms with Crippen LogP contribution in [0.3, 0.4) is 0 Å². The van der Waals surface area contributed by atoms with Crippen molar-refractivity contribution < 1.29 is 4.42 Å². The number of rotatable bonds is 4. The molecule has 0 fully saturated rings. The zero-order chi connectivity index (χ0) is 13.9. The van der Waals surface area contributed by atoms with E-state index in [2.05, 4.69) is 43.3 Å². The number of anilines is 1. The van der Waals surface area contributed by atoms with Crippen LogP contribution in [-0.4, -0.2) is 16.5 Å². The van der Waals surface area contributed by atoms with Crippen LogP contribution in [0.1, 0.15) is 11.5 Å². The summed E-state index contributed by atoms with van der Waals surface area (Å²) in [5.74, 6) is 1.58. The highest BCUT2D eigenvalue weighted by Gasteiger charge is 2.03. The van der Waals surface area contributed by atoms with Gasteiger partial charge < -0.3 is 9.73 Å². The van der Waals surface area contributed by atoms with Crippen LogP contribution in [0.4, 0.5) is 5.82 Å². The molecule has 4 nitrogen and oxygen atoms in total. The van der Waals surface area contributed by atoms with Crippen molar-refractivity contribution >= 4 is 32.8 Å². The molecule has 0 aliphatic carbocycles. The molecule has 3 aromatic rings. The fourth-order valence-electron chi connectivity index (χ4n) is 2.06. The standard InChI is InChI=1S/C15H14BrN3O/c1-10-19-13-8-11(2-4-14(13)20-10)6-7-17-15-5-3-12(16)9-18-15/h2-5,8-9H,6-7H2,1H3,(H,17,18). The second-order valence-corrected chi connectivity index (χ2v) is 5.49. The molecule has 0 amide bonds. The minimum atomic E-state index is 0.703. The van der Waals surface area contributed by atoms with E-state index in [9.17, 15) is 0 Å². The first kappa shape index (κ1) is 13.1. The quantitative estimate of drug-likeness (QED) is 0.786. The molecule has 2 aromatic heterocycles. The second-order valence-electron chi connectivity index (χ2n) is 4.57. The molecule has 0 saturated heterocycles. The van der Waals surface area contributed by atoms with E-state index in [0.717, 1.165) is 34.4 Å². The number of halogens is 1. The van der Waals surface area contributed by atoms with Crippen molar-refractivity contribution in [1.82, 2.24) is 9.97 Å². The van der Waals surface area contributed by atoms with Gasteiger partial charge >= 0.3 is 0 Å². The van der Waals surface area contributed by atoms with Gasteiger partial charge in [-0.1, -0.05) is 6.07 Å². The molecule has 1 N–H and O–H groups in total. The van der Waals surface area contributed by atoms with Gasteiger partial charge in [-0.3, -0.25) is 0 Å². The third-order valence-electron chi connectivity index (χ3n) is 3.01. The predicted octanol–water partition coefficient (Wildman–Crippen LogP) is 3.95. The number of aryl methyl sites for hydroxylation is 1. The lowest BCUT2D eigenvalue weighted by atomic mass is 10.1. The summed E-state index contributed by atoms with van der Waals surface area (Å²) in [4.78, 5) is 8.62. The maximum absolute atomic E-state index is 5.47. The van der Waals surface area contributed by atoms with Crippen LogP contribution in [0, 0.1) is 6.92 Å². The van der Waals surface area contributed by atoms with Crippen LogP contribution in [0.15, 0.2) is 45.4 Å². The van der Waals surface area contributed by atoms with E-state index in [-0.39, 0.29) is 0 Å². The van der Waals surface area contributed by atoms with E-state index in [1.807, 2.05) is 25.1 Å². The minimum Gasteiger partial charge on any atom is -0.441 e. The first-order chi connectivity index (χ1) is 9.70. The lowest BCUT2D eigenvalue weighted by molar-refractivity contribution is 0.561. The Bertz CT molecular complexity index is 722. The molecule has 102 valence electrons. The molecule has 1 aromatic carbocycles. The number of aromatic nitrogens is 2. The number of pyridine rings is 1. The van der Waals surface area contributed by atoms with Gasteiger partial charge in [0.05, 0.1) is 0 Å². The highest BCUT2D eigenvalue weighted by Crippen LogP contribution is 2.17. The summed E-state index contributed by atoms with van der Waals surface area (Å²) in [6.45, 7) is 2.69. The topological polar surface area (TPSA) is 51.0 Å². The highest BCUT2D eigenvalue weighted by atomic mass is 79.9. The van der Waals surface area contributed by atoms with Crippen molar-refractivity contribution in [2.24, 2.45) is 0 Å². The summed E-state index contributed by atoms with van der Waals surface area (Å²) < 4.78 is 6.45. The zero-order valence-corrected chi connectivity index (χ0v) is 12.6. The van der Waals surface area contributed by atoms with Crippen LogP contribution in [0.5, 0.6) is 0 Å². The van der Waals surface area contributed by atoms with Gasteiger partial charge in [0.1, 0.15) is 11.3 Å². The summed E-state index contributed by atoms with van der Waals surface area (Å²) in [6.07, 6.45) is 2.70. The van der Waals surface area contributed by atoms with Gasteiger partial charge in [-0.25, -0.2) is 9.97 Å². The number of nitrogens with one attached hydrogen (secondary N) is 1. The van der Waals surface area contributed by atoms with Crippen LogP contribution < -0.4 is 5.32 Å². The third-order valence-corrected chi connectivity index (χ3v) is 3.48. The van der Waals surface area contributed by atoms with Crippen LogP contribution in [0.2, 0.25) is 0 Å². The van der Waals surface area contributed by atoms with Crippen LogP contribution in [-0.2, 0) is 6.42 Å². The molecule has 20 heavy (non-hydrogen) atoms. The molecule has 0 aliphatic rings. The van der Waals surface area contributed by atoms with Crippen molar-refractivity contribution in [2.75, 3.05) is 11.9 Å². The van der Waals surface area contributed by atoms with Crippen molar-refractivity contribution in [2.45, 2.75) is 13.3 Å². The molecule has 0 atom stereocenters. The van der Waals surface area contributed by atoms with Crippen molar-refractivity contribution in [3.63, 3.8) is 0 Å². The van der Waals surface area contributed by atoms with Gasteiger partial charge in [0.25, 0.3) is 0 Å². The Morgan fingerprint density at radius 2 is 2.15 bits per heavy atom. The highest BCUT2D eigenvalue weighted by molar-refractivity contribution is 9.10. The second kappa shape index (κ2) is 5.63. The molecular weight excluding hydrogens is 318 g/mol. The Labute approximate surface area is 125 Å². The average molecular weight is 332 g/mol. The van der Waals surface area contributed by atoms with Gasteiger partial charge in [-0.15, -0.1) is 0 Å². The van der Waals surface area contributed by atoms with Crippen molar-refractivity contribution in [3.05, 3.63) is 52.5 Å². The zero-order valence-electron chi connectivity index (χ0n) is 11.1. The Kier molecular flexibility index (Phi) is 3.69. The molecule has 0 unspecified atom stereocenters. The Morgan fingerprint density at radius 1 is 1.25 bits per heavy atom. The fraction of sp³-hybridized carbons (Fsp3) is 0.200. The van der Waals surface area contributed by atoms with Crippen molar-refractivity contribution in [1.29, 1.82) is 0 Å². The van der Waals surface area contributed by atoms with Gasteiger partial charge in [-0.2, -0.15) is 0 Å². The average Bonchev–Trinajstić information content (AvgIpc) is 2.80. The Hall–Kier alpha value is -1.88. The Morgan fingerprint density at radius 3 is 2.95 bits per heavy atom. The molecule has 0 radical (unpaired) electrons. The van der Waals surface area contributed by atoms with E-state index < -0.39 is 0 Å². The molecule has 0 spiro atoms. The maximum Gasteiger partial charge on any atom is 0.192 e. The minimum absolute atomic E-state index is 0.703. The summed E-state index contributed by atoms with van der Waals surface area (Å²) in [5, 5.41) is 3.30. The first-order valence-corrected chi connectivity index (χ1v) is 7.21. The monoisotopic (exact) mass is 331 g/mol. The predicted molar refractivity (Wildman–Crippen MR) is 82.9 cm³/mol. The number of hydrogen-bond donors (Lipinski definition) is 1. The van der Waals surface area contributed by atoms with E-state index >= 15 is 0 Å². The van der Waals surface area contributed by atoms with Crippen LogP contribution in [0.25, 0.3) is 11.1 Å². The molecule has 0 saturated carbocycles.